The predicted molar refractivity (Wildman–Crippen MR) is 66.1 cm³/mol. The van der Waals surface area contributed by atoms with Crippen molar-refractivity contribution in [2.45, 2.75) is 20.4 Å². The third kappa shape index (κ3) is 2.30. The summed E-state index contributed by atoms with van der Waals surface area (Å²) in [6, 6.07) is 5.27. The molecule has 1 aliphatic rings. The number of benzene rings is 1. The van der Waals surface area contributed by atoms with Crippen molar-refractivity contribution in [1.29, 1.82) is 0 Å². The summed E-state index contributed by atoms with van der Waals surface area (Å²) < 4.78 is 0. The lowest BCUT2D eigenvalue weighted by Gasteiger charge is -2.16. The Morgan fingerprint density at radius 1 is 1.31 bits per heavy atom. The molecule has 1 fully saturated rings. The summed E-state index contributed by atoms with van der Waals surface area (Å²) in [5.74, 6) is 1.83. The summed E-state index contributed by atoms with van der Waals surface area (Å²) in [5, 5.41) is 9.74. The van der Waals surface area contributed by atoms with E-state index in [1.54, 1.807) is 12.1 Å². The Balaban J connectivity index is 2.07. The molecule has 0 aromatic heterocycles. The highest BCUT2D eigenvalue weighted by molar-refractivity contribution is 5.47. The Hall–Kier alpha value is -1.22. The number of nitrogens with zero attached hydrogens (tertiary/aromatic N) is 1. The number of hydrogen-bond acceptors (Lipinski definition) is 3. The fourth-order valence-corrected chi connectivity index (χ4v) is 2.35. The van der Waals surface area contributed by atoms with E-state index in [1.807, 2.05) is 6.07 Å². The molecule has 1 saturated heterocycles. The molecule has 0 aliphatic carbocycles. The molecule has 1 aromatic rings. The van der Waals surface area contributed by atoms with Crippen molar-refractivity contribution in [3.63, 3.8) is 0 Å². The van der Waals surface area contributed by atoms with Crippen LogP contribution >= 0.6 is 0 Å². The van der Waals surface area contributed by atoms with Gasteiger partial charge in [-0.15, -0.1) is 0 Å². The first kappa shape index (κ1) is 11.3. The van der Waals surface area contributed by atoms with Gasteiger partial charge in [0.25, 0.3) is 0 Å². The summed E-state index contributed by atoms with van der Waals surface area (Å²) in [6.45, 7) is 7.57. The third-order valence-corrected chi connectivity index (χ3v) is 3.56. The zero-order chi connectivity index (χ0) is 11.7. The number of hydrogen-bond donors (Lipinski definition) is 2. The maximum atomic E-state index is 9.74. The van der Waals surface area contributed by atoms with E-state index in [0.29, 0.717) is 11.4 Å². The van der Waals surface area contributed by atoms with Gasteiger partial charge in [0.05, 0.1) is 0 Å². The van der Waals surface area contributed by atoms with Crippen LogP contribution in [0.25, 0.3) is 0 Å². The molecule has 3 nitrogen and oxygen atoms in total. The number of aromatic hydroxyl groups is 1. The van der Waals surface area contributed by atoms with Crippen LogP contribution in [0.1, 0.15) is 19.4 Å². The van der Waals surface area contributed by atoms with Crippen molar-refractivity contribution in [1.82, 2.24) is 4.90 Å². The normalized spacial score (nSPS) is 26.1. The number of anilines is 1. The number of rotatable bonds is 2. The highest BCUT2D eigenvalue weighted by Crippen LogP contribution is 2.27. The molecule has 0 amide bonds. The van der Waals surface area contributed by atoms with E-state index in [0.717, 1.165) is 37.0 Å². The van der Waals surface area contributed by atoms with Crippen LogP contribution in [0.15, 0.2) is 18.2 Å². The molecule has 2 atom stereocenters. The predicted octanol–water partition coefficient (Wildman–Crippen LogP) is 2.06. The molecule has 1 aromatic carbocycles. The van der Waals surface area contributed by atoms with Crippen LogP contribution in [0.2, 0.25) is 0 Å². The minimum Gasteiger partial charge on any atom is -0.508 e. The Labute approximate surface area is 96.9 Å². The van der Waals surface area contributed by atoms with Crippen LogP contribution in [-0.4, -0.2) is 23.1 Å². The van der Waals surface area contributed by atoms with Crippen LogP contribution in [0, 0.1) is 11.8 Å². The van der Waals surface area contributed by atoms with Gasteiger partial charge in [0.15, 0.2) is 0 Å². The number of phenols is 1. The van der Waals surface area contributed by atoms with Gasteiger partial charge in [-0.3, -0.25) is 4.90 Å². The van der Waals surface area contributed by atoms with Crippen LogP contribution < -0.4 is 5.73 Å². The van der Waals surface area contributed by atoms with Crippen LogP contribution in [-0.2, 0) is 6.54 Å². The maximum absolute atomic E-state index is 9.74. The standard InChI is InChI=1S/C13H20N2O/c1-9-6-15(7-10(9)2)8-11-5-12(14)3-4-13(11)16/h3-5,9-10,16H,6-8,14H2,1-2H3. The van der Waals surface area contributed by atoms with Crippen molar-refractivity contribution in [3.8, 4) is 5.75 Å². The van der Waals surface area contributed by atoms with Gasteiger partial charge in [-0.05, 0) is 30.0 Å². The zero-order valence-corrected chi connectivity index (χ0v) is 9.98. The van der Waals surface area contributed by atoms with Crippen molar-refractivity contribution in [3.05, 3.63) is 23.8 Å². The van der Waals surface area contributed by atoms with E-state index in [2.05, 4.69) is 18.7 Å². The molecule has 3 heteroatoms. The molecular formula is C13H20N2O. The fraction of sp³-hybridized carbons (Fsp3) is 0.538. The molecular weight excluding hydrogens is 200 g/mol. The van der Waals surface area contributed by atoms with Gasteiger partial charge in [-0.25, -0.2) is 0 Å². The molecule has 1 aliphatic heterocycles. The van der Waals surface area contributed by atoms with E-state index in [4.69, 9.17) is 5.73 Å². The van der Waals surface area contributed by atoms with Crippen molar-refractivity contribution < 1.29 is 5.11 Å². The largest absolute Gasteiger partial charge is 0.508 e. The molecule has 2 unspecified atom stereocenters. The van der Waals surface area contributed by atoms with E-state index in [1.165, 1.54) is 0 Å². The number of phenolic OH excluding ortho intramolecular Hbond substituents is 1. The average molecular weight is 220 g/mol. The summed E-state index contributed by atoms with van der Waals surface area (Å²) in [7, 11) is 0. The zero-order valence-electron chi connectivity index (χ0n) is 9.98. The molecule has 16 heavy (non-hydrogen) atoms. The Morgan fingerprint density at radius 2 is 1.94 bits per heavy atom. The highest BCUT2D eigenvalue weighted by Gasteiger charge is 2.26. The van der Waals surface area contributed by atoms with Gasteiger partial charge in [0, 0.05) is 30.9 Å². The van der Waals surface area contributed by atoms with E-state index in [9.17, 15) is 5.11 Å². The van der Waals surface area contributed by atoms with Crippen LogP contribution in [0.3, 0.4) is 0 Å². The first-order valence-electron chi connectivity index (χ1n) is 5.86. The Kier molecular flexibility index (Phi) is 3.06. The molecule has 3 N–H and O–H groups in total. The van der Waals surface area contributed by atoms with Crippen molar-refractivity contribution in [2.75, 3.05) is 18.8 Å². The first-order valence-corrected chi connectivity index (χ1v) is 5.86. The SMILES string of the molecule is CC1CN(Cc2cc(N)ccc2O)CC1C. The Morgan fingerprint density at radius 3 is 2.56 bits per heavy atom. The van der Waals surface area contributed by atoms with Gasteiger partial charge in [0.1, 0.15) is 5.75 Å². The quantitative estimate of drug-likeness (QED) is 0.592. The first-order chi connectivity index (χ1) is 7.56. The van der Waals surface area contributed by atoms with E-state index >= 15 is 0 Å². The van der Waals surface area contributed by atoms with Gasteiger partial charge in [0.2, 0.25) is 0 Å². The summed E-state index contributed by atoms with van der Waals surface area (Å²) in [5.41, 5.74) is 7.37. The van der Waals surface area contributed by atoms with Crippen molar-refractivity contribution >= 4 is 5.69 Å². The highest BCUT2D eigenvalue weighted by atomic mass is 16.3. The minimum absolute atomic E-state index is 0.349. The smallest absolute Gasteiger partial charge is 0.120 e. The molecule has 0 bridgehead atoms. The molecule has 1 heterocycles. The summed E-state index contributed by atoms with van der Waals surface area (Å²) in [4.78, 5) is 2.38. The second kappa shape index (κ2) is 4.34. The van der Waals surface area contributed by atoms with E-state index < -0.39 is 0 Å². The molecule has 0 spiro atoms. The molecule has 0 radical (unpaired) electrons. The van der Waals surface area contributed by atoms with Gasteiger partial charge in [-0.2, -0.15) is 0 Å². The minimum atomic E-state index is 0.349. The fourth-order valence-electron chi connectivity index (χ4n) is 2.35. The Bertz CT molecular complexity index is 368. The van der Waals surface area contributed by atoms with E-state index in [-0.39, 0.29) is 0 Å². The van der Waals surface area contributed by atoms with Gasteiger partial charge >= 0.3 is 0 Å². The molecule has 88 valence electrons. The number of likely N-dealkylation sites (tertiary alicyclic amines) is 1. The number of nitrogen functional groups attached to an aromatic ring is 1. The summed E-state index contributed by atoms with van der Waals surface area (Å²) >= 11 is 0. The molecule has 0 saturated carbocycles. The third-order valence-electron chi connectivity index (χ3n) is 3.56. The van der Waals surface area contributed by atoms with Gasteiger partial charge < -0.3 is 10.8 Å². The van der Waals surface area contributed by atoms with Crippen molar-refractivity contribution in [2.24, 2.45) is 11.8 Å². The topological polar surface area (TPSA) is 49.5 Å². The van der Waals surface area contributed by atoms with Gasteiger partial charge in [-0.1, -0.05) is 13.8 Å². The second-order valence-corrected chi connectivity index (χ2v) is 5.04. The number of nitrogens with two attached hydrogens (primary N) is 1. The lowest BCUT2D eigenvalue weighted by atomic mass is 10.0. The molecule has 2 rings (SSSR count). The average Bonchev–Trinajstić information content (AvgIpc) is 2.52. The van der Waals surface area contributed by atoms with Crippen LogP contribution in [0.4, 0.5) is 5.69 Å². The monoisotopic (exact) mass is 220 g/mol. The maximum Gasteiger partial charge on any atom is 0.120 e. The summed E-state index contributed by atoms with van der Waals surface area (Å²) in [6.07, 6.45) is 0. The second-order valence-electron chi connectivity index (χ2n) is 5.04. The van der Waals surface area contributed by atoms with Crippen LogP contribution in [0.5, 0.6) is 5.75 Å². The lowest BCUT2D eigenvalue weighted by molar-refractivity contribution is 0.310. The lowest BCUT2D eigenvalue weighted by Crippen LogP contribution is -2.20.